The van der Waals surface area contributed by atoms with E-state index in [-0.39, 0.29) is 5.91 Å². The molecule has 0 atom stereocenters. The van der Waals surface area contributed by atoms with Crippen LogP contribution in [0, 0.1) is 0 Å². The third-order valence-electron chi connectivity index (χ3n) is 5.11. The molecule has 0 bridgehead atoms. The summed E-state index contributed by atoms with van der Waals surface area (Å²) in [5.41, 5.74) is 3.72. The van der Waals surface area contributed by atoms with E-state index in [0.29, 0.717) is 37.3 Å². The van der Waals surface area contributed by atoms with Crippen LogP contribution in [0.4, 0.5) is 5.82 Å². The van der Waals surface area contributed by atoms with Gasteiger partial charge in [-0.15, -0.1) is 0 Å². The zero-order chi connectivity index (χ0) is 20.9. The zero-order valence-electron chi connectivity index (χ0n) is 16.9. The van der Waals surface area contributed by atoms with Gasteiger partial charge in [0.15, 0.2) is 5.58 Å². The smallest absolute Gasteiger partial charge is 0.408 e. The molecule has 7 nitrogen and oxygen atoms in total. The highest BCUT2D eigenvalue weighted by Crippen LogP contribution is 2.14. The number of para-hydroxylation sites is 2. The summed E-state index contributed by atoms with van der Waals surface area (Å²) >= 11 is 0. The molecule has 4 aromatic rings. The van der Waals surface area contributed by atoms with Crippen LogP contribution in [0.25, 0.3) is 11.1 Å². The molecule has 2 heterocycles. The van der Waals surface area contributed by atoms with Crippen LogP contribution in [0.15, 0.2) is 70.0 Å². The Morgan fingerprint density at radius 3 is 2.63 bits per heavy atom. The predicted octanol–water partition coefficient (Wildman–Crippen LogP) is 3.82. The third-order valence-corrected chi connectivity index (χ3v) is 5.11. The number of nitrogens with one attached hydrogen (secondary N) is 1. The van der Waals surface area contributed by atoms with Crippen molar-refractivity contribution < 1.29 is 9.21 Å². The summed E-state index contributed by atoms with van der Waals surface area (Å²) in [4.78, 5) is 24.4. The number of amides is 1. The maximum Gasteiger partial charge on any atom is 0.419 e. The van der Waals surface area contributed by atoms with Crippen LogP contribution >= 0.6 is 0 Å². The van der Waals surface area contributed by atoms with Crippen LogP contribution in [0.1, 0.15) is 30.9 Å². The molecule has 0 radical (unpaired) electrons. The average molecular weight is 404 g/mol. The number of carbonyl (C=O) groups excluding carboxylic acids is 1. The quantitative estimate of drug-likeness (QED) is 0.484. The molecule has 0 spiro atoms. The highest BCUT2D eigenvalue weighted by atomic mass is 16.4. The summed E-state index contributed by atoms with van der Waals surface area (Å²) < 4.78 is 8.56. The fourth-order valence-corrected chi connectivity index (χ4v) is 3.45. The largest absolute Gasteiger partial charge is 0.419 e. The Labute approximate surface area is 173 Å². The predicted molar refractivity (Wildman–Crippen MR) is 115 cm³/mol. The van der Waals surface area contributed by atoms with Gasteiger partial charge in [0.1, 0.15) is 5.82 Å². The second-order valence-corrected chi connectivity index (χ2v) is 7.18. The Morgan fingerprint density at radius 2 is 1.83 bits per heavy atom. The minimum absolute atomic E-state index is 0.112. The normalized spacial score (nSPS) is 11.1. The highest BCUT2D eigenvalue weighted by Gasteiger charge is 2.11. The lowest BCUT2D eigenvalue weighted by Gasteiger charge is -2.10. The molecule has 0 fully saturated rings. The van der Waals surface area contributed by atoms with Gasteiger partial charge in [-0.3, -0.25) is 9.36 Å². The van der Waals surface area contributed by atoms with Crippen molar-refractivity contribution in [2.24, 2.45) is 0 Å². The Kier molecular flexibility index (Phi) is 5.79. The van der Waals surface area contributed by atoms with Gasteiger partial charge < -0.3 is 9.73 Å². The highest BCUT2D eigenvalue weighted by molar-refractivity contribution is 5.89. The van der Waals surface area contributed by atoms with E-state index in [2.05, 4.69) is 41.6 Å². The fourth-order valence-electron chi connectivity index (χ4n) is 3.45. The molecule has 0 aliphatic carbocycles. The lowest BCUT2D eigenvalue weighted by molar-refractivity contribution is -0.116. The van der Waals surface area contributed by atoms with Gasteiger partial charge in [-0.1, -0.05) is 43.3 Å². The number of nitrogens with zero attached hydrogens (tertiary/aromatic N) is 3. The Balaban J connectivity index is 1.34. The van der Waals surface area contributed by atoms with Crippen LogP contribution < -0.4 is 11.1 Å². The van der Waals surface area contributed by atoms with Crippen LogP contribution in [-0.4, -0.2) is 20.3 Å². The first-order chi connectivity index (χ1) is 14.6. The summed E-state index contributed by atoms with van der Waals surface area (Å²) in [6, 6.07) is 17.5. The van der Waals surface area contributed by atoms with Crippen molar-refractivity contribution in [3.63, 3.8) is 0 Å². The van der Waals surface area contributed by atoms with E-state index in [4.69, 9.17) is 4.42 Å². The van der Waals surface area contributed by atoms with E-state index < -0.39 is 5.76 Å². The molecule has 1 amide bonds. The number of benzene rings is 2. The third kappa shape index (κ3) is 4.35. The number of hydrogen-bond donors (Lipinski definition) is 1. The van der Waals surface area contributed by atoms with Crippen LogP contribution in [0.3, 0.4) is 0 Å². The second-order valence-electron chi connectivity index (χ2n) is 7.18. The lowest BCUT2D eigenvalue weighted by atomic mass is 10.1. The summed E-state index contributed by atoms with van der Waals surface area (Å²) in [5, 5.41) is 7.23. The number of hydrogen-bond acceptors (Lipinski definition) is 4. The molecule has 7 heteroatoms. The van der Waals surface area contributed by atoms with Gasteiger partial charge >= 0.3 is 5.76 Å². The molecule has 154 valence electrons. The first kappa shape index (κ1) is 19.7. The molecule has 4 rings (SSSR count). The van der Waals surface area contributed by atoms with E-state index in [0.717, 1.165) is 17.5 Å². The van der Waals surface area contributed by atoms with E-state index in [1.54, 1.807) is 27.6 Å². The number of aromatic nitrogens is 3. The summed E-state index contributed by atoms with van der Waals surface area (Å²) in [6.45, 7) is 3.14. The molecule has 1 N–H and O–H groups in total. The summed E-state index contributed by atoms with van der Waals surface area (Å²) in [6.07, 6.45) is 3.50. The first-order valence-electron chi connectivity index (χ1n) is 10.1. The Morgan fingerprint density at radius 1 is 1.07 bits per heavy atom. The van der Waals surface area contributed by atoms with Crippen molar-refractivity contribution in [2.75, 3.05) is 5.32 Å². The SMILES string of the molecule is CCc1ccc(Cn2nccc2NC(=O)CCCn2c(=O)oc3ccccc32)cc1. The number of carbonyl (C=O) groups is 1. The molecule has 0 unspecified atom stereocenters. The van der Waals surface area contributed by atoms with Crippen molar-refractivity contribution in [1.82, 2.24) is 14.3 Å². The minimum atomic E-state index is -0.399. The average Bonchev–Trinajstić information content (AvgIpc) is 3.32. The van der Waals surface area contributed by atoms with Crippen LogP contribution in [-0.2, 0) is 24.3 Å². The van der Waals surface area contributed by atoms with E-state index in [1.807, 2.05) is 18.2 Å². The summed E-state index contributed by atoms with van der Waals surface area (Å²) in [7, 11) is 0. The molecular weight excluding hydrogens is 380 g/mol. The lowest BCUT2D eigenvalue weighted by Crippen LogP contribution is -2.18. The maximum atomic E-state index is 12.4. The van der Waals surface area contributed by atoms with Crippen molar-refractivity contribution in [3.05, 3.63) is 82.5 Å². The van der Waals surface area contributed by atoms with Gasteiger partial charge in [-0.2, -0.15) is 5.10 Å². The minimum Gasteiger partial charge on any atom is -0.408 e. The molecule has 0 saturated heterocycles. The molecule has 2 aromatic carbocycles. The van der Waals surface area contributed by atoms with Crippen molar-refractivity contribution in [3.8, 4) is 0 Å². The molecule has 0 saturated carbocycles. The van der Waals surface area contributed by atoms with Crippen molar-refractivity contribution >= 4 is 22.8 Å². The molecule has 0 aliphatic heterocycles. The van der Waals surface area contributed by atoms with Gasteiger partial charge in [-0.05, 0) is 36.1 Å². The Bertz CT molecular complexity index is 1200. The monoisotopic (exact) mass is 404 g/mol. The molecule has 2 aromatic heterocycles. The number of anilines is 1. The molecular formula is C23H24N4O3. The maximum absolute atomic E-state index is 12.4. The van der Waals surface area contributed by atoms with Gasteiger partial charge in [0.25, 0.3) is 0 Å². The zero-order valence-corrected chi connectivity index (χ0v) is 16.9. The van der Waals surface area contributed by atoms with Crippen molar-refractivity contribution in [2.45, 2.75) is 39.3 Å². The topological polar surface area (TPSA) is 82.1 Å². The molecule has 0 aliphatic rings. The second kappa shape index (κ2) is 8.82. The van der Waals surface area contributed by atoms with Crippen LogP contribution in [0.5, 0.6) is 0 Å². The fraction of sp³-hybridized carbons (Fsp3) is 0.261. The van der Waals surface area contributed by atoms with Gasteiger partial charge in [0.2, 0.25) is 5.91 Å². The van der Waals surface area contributed by atoms with Gasteiger partial charge in [0.05, 0.1) is 18.3 Å². The summed E-state index contributed by atoms with van der Waals surface area (Å²) in [5.74, 6) is 0.146. The van der Waals surface area contributed by atoms with E-state index in [9.17, 15) is 9.59 Å². The van der Waals surface area contributed by atoms with Crippen molar-refractivity contribution in [1.29, 1.82) is 0 Å². The number of fused-ring (bicyclic) bond motifs is 1. The van der Waals surface area contributed by atoms with E-state index >= 15 is 0 Å². The van der Waals surface area contributed by atoms with E-state index in [1.165, 1.54) is 5.56 Å². The van der Waals surface area contributed by atoms with Gasteiger partial charge in [0, 0.05) is 19.0 Å². The molecule has 30 heavy (non-hydrogen) atoms. The number of rotatable bonds is 8. The van der Waals surface area contributed by atoms with Gasteiger partial charge in [-0.25, -0.2) is 9.48 Å². The number of oxazole rings is 1. The Hall–Kier alpha value is -3.61. The standard InChI is InChI=1S/C23H24N4O3/c1-2-17-9-11-18(12-10-17)16-27-21(13-14-24-27)25-22(28)8-5-15-26-19-6-3-4-7-20(19)30-23(26)29/h3-4,6-7,9-14H,2,5,8,15-16H2,1H3,(H,25,28). The van der Waals surface area contributed by atoms with Crippen LogP contribution in [0.2, 0.25) is 0 Å². The first-order valence-corrected chi connectivity index (χ1v) is 10.1. The number of aryl methyl sites for hydroxylation is 2.